The summed E-state index contributed by atoms with van der Waals surface area (Å²) in [5.41, 5.74) is 2.43. The second-order valence-electron chi connectivity index (χ2n) is 10.9. The topological polar surface area (TPSA) is 102 Å². The number of hydrogen-bond acceptors (Lipinski definition) is 8. The largest absolute Gasteiger partial charge is 0.496 e. The minimum absolute atomic E-state index is 0.0558. The van der Waals surface area contributed by atoms with Crippen LogP contribution in [-0.2, 0) is 11.3 Å². The predicted octanol–water partition coefficient (Wildman–Crippen LogP) is 5.74. The summed E-state index contributed by atoms with van der Waals surface area (Å²) >= 11 is 0. The van der Waals surface area contributed by atoms with Crippen LogP contribution in [0.25, 0.3) is 17.0 Å². The van der Waals surface area contributed by atoms with Gasteiger partial charge < -0.3 is 28.3 Å². The molecule has 0 fully saturated rings. The molecule has 0 saturated carbocycles. The van der Waals surface area contributed by atoms with E-state index in [1.807, 2.05) is 30.3 Å². The highest BCUT2D eigenvalue weighted by Crippen LogP contribution is 2.49. The maximum atomic E-state index is 14.0. The standard InChI is InChI=1S/C34H31NO8/c1-18(2)17-35-24-9-7-6-8-19(24)12-23(34(35)38)22-15-30(36)42-25-11-10-21-32(37)29(43-33(21)31(22)25)14-20-13-27(40-4)28(41-5)16-26(20)39-3/h6-14,16,18,22H,15,17H2,1-5H3. The van der Waals surface area contributed by atoms with Gasteiger partial charge in [0.25, 0.3) is 5.56 Å². The molecule has 0 saturated heterocycles. The summed E-state index contributed by atoms with van der Waals surface area (Å²) in [6.07, 6.45) is 1.50. The molecule has 9 heteroatoms. The van der Waals surface area contributed by atoms with Crippen LogP contribution in [0, 0.1) is 5.92 Å². The van der Waals surface area contributed by atoms with Crippen molar-refractivity contribution in [1.82, 2.24) is 4.57 Å². The number of ketones is 1. The summed E-state index contributed by atoms with van der Waals surface area (Å²) in [7, 11) is 4.56. The molecule has 0 N–H and O–H groups in total. The predicted molar refractivity (Wildman–Crippen MR) is 161 cm³/mol. The Kier molecular flexibility index (Phi) is 7.17. The highest BCUT2D eigenvalue weighted by atomic mass is 16.5. The molecule has 0 spiro atoms. The van der Waals surface area contributed by atoms with Gasteiger partial charge in [0.2, 0.25) is 5.78 Å². The second-order valence-corrected chi connectivity index (χ2v) is 10.9. The number of pyridine rings is 1. The fraction of sp³-hybridized carbons (Fsp3) is 0.265. The number of carbonyl (C=O) groups excluding carboxylic acids is 2. The molecular formula is C34H31NO8. The van der Waals surface area contributed by atoms with Crippen molar-refractivity contribution in [3.05, 3.63) is 93.0 Å². The Labute approximate surface area is 248 Å². The number of allylic oxidation sites excluding steroid dienone is 1. The molecule has 2 aliphatic rings. The molecule has 4 aromatic rings. The van der Waals surface area contributed by atoms with Crippen molar-refractivity contribution in [1.29, 1.82) is 0 Å². The SMILES string of the molecule is COc1cc(OC)c(OC)cc1C=C1Oc2c(ccc3c2C(c2cc4ccccc4n(CC(C)C)c2=O)CC(=O)O3)C1=O. The van der Waals surface area contributed by atoms with Gasteiger partial charge in [-0.25, -0.2) is 0 Å². The number of benzene rings is 3. The molecule has 1 unspecified atom stereocenters. The fourth-order valence-corrected chi connectivity index (χ4v) is 5.82. The minimum Gasteiger partial charge on any atom is -0.496 e. The van der Waals surface area contributed by atoms with E-state index in [1.54, 1.807) is 34.9 Å². The average molecular weight is 582 g/mol. The van der Waals surface area contributed by atoms with E-state index in [0.29, 0.717) is 46.0 Å². The molecule has 3 heterocycles. The summed E-state index contributed by atoms with van der Waals surface area (Å²) in [6, 6.07) is 16.0. The number of rotatable bonds is 7. The van der Waals surface area contributed by atoms with Crippen LogP contribution in [-0.4, -0.2) is 37.6 Å². The van der Waals surface area contributed by atoms with Crippen molar-refractivity contribution in [2.45, 2.75) is 32.7 Å². The lowest BCUT2D eigenvalue weighted by Gasteiger charge is -2.27. The Morgan fingerprint density at radius 3 is 2.35 bits per heavy atom. The lowest BCUT2D eigenvalue weighted by molar-refractivity contribution is -0.135. The van der Waals surface area contributed by atoms with Crippen molar-refractivity contribution in [3.63, 3.8) is 0 Å². The highest BCUT2D eigenvalue weighted by Gasteiger charge is 2.40. The summed E-state index contributed by atoms with van der Waals surface area (Å²) < 4.78 is 30.0. The van der Waals surface area contributed by atoms with Crippen LogP contribution in [0.1, 0.15) is 53.2 Å². The molecule has 0 radical (unpaired) electrons. The van der Waals surface area contributed by atoms with E-state index in [-0.39, 0.29) is 40.9 Å². The normalized spacial score (nSPS) is 16.6. The summed E-state index contributed by atoms with van der Waals surface area (Å²) in [6.45, 7) is 4.61. The average Bonchev–Trinajstić information content (AvgIpc) is 3.32. The number of Topliss-reactive ketones (excluding diaryl/α,β-unsaturated/α-hetero) is 1. The first-order valence-electron chi connectivity index (χ1n) is 14.0. The first-order valence-corrected chi connectivity index (χ1v) is 14.0. The molecule has 2 aliphatic heterocycles. The van der Waals surface area contributed by atoms with Gasteiger partial charge in [-0.1, -0.05) is 32.0 Å². The minimum atomic E-state index is -0.676. The third kappa shape index (κ3) is 4.80. The number of methoxy groups -OCH3 is 3. The van der Waals surface area contributed by atoms with Gasteiger partial charge in [0.05, 0.1) is 38.8 Å². The maximum Gasteiger partial charge on any atom is 0.312 e. The van der Waals surface area contributed by atoms with Gasteiger partial charge in [0.15, 0.2) is 17.3 Å². The summed E-state index contributed by atoms with van der Waals surface area (Å²) in [5, 5.41) is 0.879. The lowest BCUT2D eigenvalue weighted by Crippen LogP contribution is -2.31. The quantitative estimate of drug-likeness (QED) is 0.155. The first kappa shape index (κ1) is 28.1. The van der Waals surface area contributed by atoms with Crippen molar-refractivity contribution >= 4 is 28.7 Å². The molecule has 220 valence electrons. The van der Waals surface area contributed by atoms with E-state index in [9.17, 15) is 14.4 Å². The molecule has 9 nitrogen and oxygen atoms in total. The number of para-hydroxylation sites is 1. The molecule has 0 aliphatic carbocycles. The number of ether oxygens (including phenoxy) is 5. The number of aromatic nitrogens is 1. The zero-order chi connectivity index (χ0) is 30.4. The van der Waals surface area contributed by atoms with Gasteiger partial charge >= 0.3 is 5.97 Å². The van der Waals surface area contributed by atoms with Gasteiger partial charge in [-0.2, -0.15) is 0 Å². The summed E-state index contributed by atoms with van der Waals surface area (Å²) in [4.78, 5) is 40.5. The second kappa shape index (κ2) is 11.0. The molecule has 6 rings (SSSR count). The van der Waals surface area contributed by atoms with E-state index < -0.39 is 11.9 Å². The van der Waals surface area contributed by atoms with Crippen molar-refractivity contribution < 1.29 is 33.3 Å². The lowest BCUT2D eigenvalue weighted by atomic mass is 9.84. The van der Waals surface area contributed by atoms with Crippen LogP contribution < -0.4 is 29.2 Å². The number of fused-ring (bicyclic) bond motifs is 4. The van der Waals surface area contributed by atoms with Gasteiger partial charge in [-0.15, -0.1) is 0 Å². The zero-order valence-electron chi connectivity index (χ0n) is 24.6. The molecular weight excluding hydrogens is 550 g/mol. The molecule has 1 atom stereocenters. The Balaban J connectivity index is 1.50. The Morgan fingerprint density at radius 2 is 1.63 bits per heavy atom. The molecule has 3 aromatic carbocycles. The summed E-state index contributed by atoms with van der Waals surface area (Å²) in [5.74, 6) is 0.701. The highest BCUT2D eigenvalue weighted by molar-refractivity contribution is 6.15. The van der Waals surface area contributed by atoms with E-state index in [1.165, 1.54) is 21.3 Å². The fourth-order valence-electron chi connectivity index (χ4n) is 5.82. The third-order valence-electron chi connectivity index (χ3n) is 7.76. The van der Waals surface area contributed by atoms with E-state index >= 15 is 0 Å². The molecule has 43 heavy (non-hydrogen) atoms. The van der Waals surface area contributed by atoms with Gasteiger partial charge in [-0.3, -0.25) is 14.4 Å². The van der Waals surface area contributed by atoms with Crippen molar-refractivity contribution in [2.75, 3.05) is 21.3 Å². The third-order valence-corrected chi connectivity index (χ3v) is 7.76. The van der Waals surface area contributed by atoms with Crippen LogP contribution >= 0.6 is 0 Å². The van der Waals surface area contributed by atoms with E-state index in [2.05, 4.69) is 13.8 Å². The monoisotopic (exact) mass is 581 g/mol. The van der Waals surface area contributed by atoms with Crippen LogP contribution in [0.4, 0.5) is 0 Å². The van der Waals surface area contributed by atoms with Crippen molar-refractivity contribution in [3.8, 4) is 28.7 Å². The Morgan fingerprint density at radius 1 is 0.907 bits per heavy atom. The van der Waals surface area contributed by atoms with Crippen LogP contribution in [0.5, 0.6) is 28.7 Å². The maximum absolute atomic E-state index is 14.0. The first-order chi connectivity index (χ1) is 20.7. The number of carbonyl (C=O) groups is 2. The van der Waals surface area contributed by atoms with E-state index in [0.717, 1.165) is 10.9 Å². The molecule has 1 aromatic heterocycles. The van der Waals surface area contributed by atoms with Gasteiger partial charge in [0.1, 0.15) is 17.2 Å². The number of nitrogens with zero attached hydrogens (tertiary/aromatic N) is 1. The van der Waals surface area contributed by atoms with Crippen LogP contribution in [0.2, 0.25) is 0 Å². The molecule has 0 amide bonds. The van der Waals surface area contributed by atoms with Gasteiger partial charge in [-0.05, 0) is 47.7 Å². The Hall–Kier alpha value is -5.05. The van der Waals surface area contributed by atoms with Crippen LogP contribution in [0.3, 0.4) is 0 Å². The smallest absolute Gasteiger partial charge is 0.312 e. The Bertz CT molecular complexity index is 1880. The van der Waals surface area contributed by atoms with Gasteiger partial charge in [0, 0.05) is 35.2 Å². The number of hydrogen-bond donors (Lipinski definition) is 0. The number of esters is 1. The van der Waals surface area contributed by atoms with E-state index in [4.69, 9.17) is 23.7 Å². The van der Waals surface area contributed by atoms with Crippen molar-refractivity contribution in [2.24, 2.45) is 5.92 Å². The molecule has 0 bridgehead atoms. The zero-order valence-corrected chi connectivity index (χ0v) is 24.6. The van der Waals surface area contributed by atoms with Crippen LogP contribution in [0.15, 0.2) is 65.2 Å².